The Hall–Kier alpha value is -2.86. The van der Waals surface area contributed by atoms with Gasteiger partial charge in [0.05, 0.1) is 20.2 Å². The van der Waals surface area contributed by atoms with Gasteiger partial charge in [0.25, 0.3) is 0 Å². The Morgan fingerprint density at radius 3 is 2.44 bits per heavy atom. The van der Waals surface area contributed by atoms with Crippen molar-refractivity contribution < 1.29 is 14.3 Å². The number of likely N-dealkylation sites (N-methyl/N-ethyl adjacent to an activating group) is 1. The van der Waals surface area contributed by atoms with Gasteiger partial charge < -0.3 is 15.0 Å². The first-order valence-electron chi connectivity index (χ1n) is 9.10. The van der Waals surface area contributed by atoms with Crippen molar-refractivity contribution in [2.24, 2.45) is 0 Å². The average molecular weight is 367 g/mol. The van der Waals surface area contributed by atoms with Gasteiger partial charge in [-0.2, -0.15) is 0 Å². The van der Waals surface area contributed by atoms with E-state index in [2.05, 4.69) is 22.3 Å². The molecule has 0 unspecified atom stereocenters. The van der Waals surface area contributed by atoms with Crippen molar-refractivity contribution in [1.82, 2.24) is 9.80 Å². The van der Waals surface area contributed by atoms with Crippen LogP contribution in [-0.2, 0) is 22.7 Å². The minimum atomic E-state index is -0.219. The summed E-state index contributed by atoms with van der Waals surface area (Å²) < 4.78 is 5.16. The number of carbonyl (C=O) groups is 2. The lowest BCUT2D eigenvalue weighted by Gasteiger charge is -2.23. The third-order valence-electron chi connectivity index (χ3n) is 4.69. The summed E-state index contributed by atoms with van der Waals surface area (Å²) in [5.41, 5.74) is 3.19. The van der Waals surface area contributed by atoms with Crippen molar-refractivity contribution in [2.45, 2.75) is 20.0 Å². The third kappa shape index (κ3) is 4.86. The quantitative estimate of drug-likeness (QED) is 0.817. The van der Waals surface area contributed by atoms with Crippen LogP contribution in [0.4, 0.5) is 5.69 Å². The SMILES string of the molecule is CCN(CC(=O)Nc1cccc(OC)c1)C(=O)CN1Cc2ccccc2C1. The number of amides is 2. The summed E-state index contributed by atoms with van der Waals surface area (Å²) in [5, 5.41) is 2.82. The van der Waals surface area contributed by atoms with Gasteiger partial charge in [0.15, 0.2) is 0 Å². The monoisotopic (exact) mass is 367 g/mol. The van der Waals surface area contributed by atoms with Gasteiger partial charge in [0, 0.05) is 31.4 Å². The number of nitrogens with zero attached hydrogens (tertiary/aromatic N) is 2. The van der Waals surface area contributed by atoms with Crippen LogP contribution in [0.3, 0.4) is 0 Å². The van der Waals surface area contributed by atoms with Crippen molar-refractivity contribution in [3.63, 3.8) is 0 Å². The third-order valence-corrected chi connectivity index (χ3v) is 4.69. The molecule has 142 valence electrons. The second kappa shape index (κ2) is 8.68. The number of rotatable bonds is 7. The summed E-state index contributed by atoms with van der Waals surface area (Å²) in [6, 6.07) is 15.4. The zero-order chi connectivity index (χ0) is 19.2. The van der Waals surface area contributed by atoms with Gasteiger partial charge in [-0.1, -0.05) is 30.3 Å². The molecule has 1 N–H and O–H groups in total. The molecule has 6 heteroatoms. The molecule has 0 bridgehead atoms. The van der Waals surface area contributed by atoms with E-state index < -0.39 is 0 Å². The Morgan fingerprint density at radius 1 is 1.11 bits per heavy atom. The second-order valence-corrected chi connectivity index (χ2v) is 6.60. The summed E-state index contributed by atoms with van der Waals surface area (Å²) in [4.78, 5) is 28.7. The second-order valence-electron chi connectivity index (χ2n) is 6.60. The molecular formula is C21H25N3O3. The van der Waals surface area contributed by atoms with E-state index in [9.17, 15) is 9.59 Å². The van der Waals surface area contributed by atoms with E-state index in [0.717, 1.165) is 13.1 Å². The zero-order valence-corrected chi connectivity index (χ0v) is 15.8. The number of hydrogen-bond acceptors (Lipinski definition) is 4. The molecule has 3 rings (SSSR count). The fourth-order valence-corrected chi connectivity index (χ4v) is 3.26. The molecule has 0 aromatic heterocycles. The predicted octanol–water partition coefficient (Wildman–Crippen LogP) is 2.50. The minimum Gasteiger partial charge on any atom is -0.497 e. The van der Waals surface area contributed by atoms with E-state index in [0.29, 0.717) is 24.5 Å². The number of nitrogens with one attached hydrogen (secondary N) is 1. The molecule has 0 saturated carbocycles. The summed E-state index contributed by atoms with van der Waals surface area (Å²) in [6.07, 6.45) is 0. The highest BCUT2D eigenvalue weighted by atomic mass is 16.5. The van der Waals surface area contributed by atoms with Crippen molar-refractivity contribution in [3.8, 4) is 5.75 Å². The van der Waals surface area contributed by atoms with E-state index >= 15 is 0 Å². The van der Waals surface area contributed by atoms with Crippen LogP contribution in [0.5, 0.6) is 5.75 Å². The summed E-state index contributed by atoms with van der Waals surface area (Å²) in [6.45, 7) is 4.27. The smallest absolute Gasteiger partial charge is 0.243 e. The number of fused-ring (bicyclic) bond motifs is 1. The molecule has 1 aliphatic rings. The lowest BCUT2D eigenvalue weighted by molar-refractivity contribution is -0.135. The molecule has 2 aromatic rings. The molecule has 1 heterocycles. The molecular weight excluding hydrogens is 342 g/mol. The van der Waals surface area contributed by atoms with Gasteiger partial charge >= 0.3 is 0 Å². The Morgan fingerprint density at radius 2 is 1.81 bits per heavy atom. The predicted molar refractivity (Wildman–Crippen MR) is 104 cm³/mol. The van der Waals surface area contributed by atoms with Gasteiger partial charge in [-0.3, -0.25) is 14.5 Å². The van der Waals surface area contributed by atoms with Crippen molar-refractivity contribution in [3.05, 3.63) is 59.7 Å². The maximum Gasteiger partial charge on any atom is 0.243 e. The van der Waals surface area contributed by atoms with Gasteiger partial charge in [-0.05, 0) is 30.2 Å². The summed E-state index contributed by atoms with van der Waals surface area (Å²) in [5.74, 6) is 0.416. The van der Waals surface area contributed by atoms with Crippen molar-refractivity contribution in [2.75, 3.05) is 32.1 Å². The standard InChI is InChI=1S/C21H25N3O3/c1-3-24(14-20(25)22-18-9-6-10-19(11-18)27-2)21(26)15-23-12-16-7-4-5-8-17(16)13-23/h4-11H,3,12-15H2,1-2H3,(H,22,25). The van der Waals surface area contributed by atoms with E-state index in [-0.39, 0.29) is 18.4 Å². The number of methoxy groups -OCH3 is 1. The van der Waals surface area contributed by atoms with E-state index in [4.69, 9.17) is 4.74 Å². The number of ether oxygens (including phenoxy) is 1. The summed E-state index contributed by atoms with van der Waals surface area (Å²) in [7, 11) is 1.58. The van der Waals surface area contributed by atoms with E-state index in [1.165, 1.54) is 11.1 Å². The number of hydrogen-bond donors (Lipinski definition) is 1. The first-order valence-corrected chi connectivity index (χ1v) is 9.10. The molecule has 27 heavy (non-hydrogen) atoms. The van der Waals surface area contributed by atoms with Crippen LogP contribution in [-0.4, -0.2) is 48.4 Å². The van der Waals surface area contributed by atoms with Gasteiger partial charge in [-0.25, -0.2) is 0 Å². The minimum absolute atomic E-state index is 0.0351. The molecule has 6 nitrogen and oxygen atoms in total. The fourth-order valence-electron chi connectivity index (χ4n) is 3.26. The molecule has 0 saturated heterocycles. The molecule has 0 aliphatic carbocycles. The molecule has 0 atom stereocenters. The largest absolute Gasteiger partial charge is 0.497 e. The lowest BCUT2D eigenvalue weighted by atomic mass is 10.1. The Kier molecular flexibility index (Phi) is 6.08. The van der Waals surface area contributed by atoms with Crippen LogP contribution in [0, 0.1) is 0 Å². The van der Waals surface area contributed by atoms with Gasteiger partial charge in [0.1, 0.15) is 5.75 Å². The van der Waals surface area contributed by atoms with Gasteiger partial charge in [-0.15, -0.1) is 0 Å². The first kappa shape index (κ1) is 18.9. The highest BCUT2D eigenvalue weighted by Crippen LogP contribution is 2.22. The molecule has 2 aromatic carbocycles. The molecule has 1 aliphatic heterocycles. The zero-order valence-electron chi connectivity index (χ0n) is 15.8. The number of carbonyl (C=O) groups excluding carboxylic acids is 2. The Labute approximate surface area is 159 Å². The fraction of sp³-hybridized carbons (Fsp3) is 0.333. The number of benzene rings is 2. The molecule has 2 amide bonds. The Balaban J connectivity index is 1.53. The van der Waals surface area contributed by atoms with E-state index in [1.807, 2.05) is 31.2 Å². The molecule has 0 radical (unpaired) electrons. The van der Waals surface area contributed by atoms with Crippen molar-refractivity contribution >= 4 is 17.5 Å². The first-order chi connectivity index (χ1) is 13.1. The van der Waals surface area contributed by atoms with Crippen molar-refractivity contribution in [1.29, 1.82) is 0 Å². The van der Waals surface area contributed by atoms with Crippen LogP contribution in [0.1, 0.15) is 18.1 Å². The van der Waals surface area contributed by atoms with Gasteiger partial charge in [0.2, 0.25) is 11.8 Å². The van der Waals surface area contributed by atoms with Crippen LogP contribution in [0.15, 0.2) is 48.5 Å². The van der Waals surface area contributed by atoms with Crippen LogP contribution >= 0.6 is 0 Å². The van der Waals surface area contributed by atoms with E-state index in [1.54, 1.807) is 24.1 Å². The normalized spacial score (nSPS) is 13.1. The Bertz CT molecular complexity index is 797. The molecule has 0 fully saturated rings. The average Bonchev–Trinajstić information content (AvgIpc) is 3.08. The van der Waals surface area contributed by atoms with Crippen LogP contribution < -0.4 is 10.1 Å². The lowest BCUT2D eigenvalue weighted by Crippen LogP contribution is -2.42. The van der Waals surface area contributed by atoms with Crippen LogP contribution in [0.25, 0.3) is 0 Å². The number of anilines is 1. The highest BCUT2D eigenvalue weighted by Gasteiger charge is 2.23. The maximum absolute atomic E-state index is 12.7. The summed E-state index contributed by atoms with van der Waals surface area (Å²) >= 11 is 0. The topological polar surface area (TPSA) is 61.9 Å². The highest BCUT2D eigenvalue weighted by molar-refractivity contribution is 5.94. The maximum atomic E-state index is 12.7. The molecule has 0 spiro atoms. The van der Waals surface area contributed by atoms with Crippen LogP contribution in [0.2, 0.25) is 0 Å².